The molecule has 3 N–H and O–H groups in total. The molecule has 0 spiro atoms. The van der Waals surface area contributed by atoms with Crippen molar-refractivity contribution in [2.75, 3.05) is 4.90 Å². The van der Waals surface area contributed by atoms with Crippen LogP contribution in [0.1, 0.15) is 20.7 Å². The second-order valence-electron chi connectivity index (χ2n) is 4.32. The van der Waals surface area contributed by atoms with Crippen molar-refractivity contribution in [1.29, 1.82) is 0 Å². The molecule has 1 aliphatic rings. The maximum absolute atomic E-state index is 12.2. The molecule has 0 atom stereocenters. The lowest BCUT2D eigenvalue weighted by Gasteiger charge is -2.13. The highest BCUT2D eigenvalue weighted by molar-refractivity contribution is 6.35. The van der Waals surface area contributed by atoms with Gasteiger partial charge in [-0.05, 0) is 36.4 Å². The van der Waals surface area contributed by atoms with Crippen LogP contribution in [0.15, 0.2) is 36.4 Å². The van der Waals surface area contributed by atoms with E-state index in [4.69, 9.17) is 0 Å². The maximum atomic E-state index is 12.2. The quantitative estimate of drug-likeness (QED) is 0.540. The first-order chi connectivity index (χ1) is 9.50. The van der Waals surface area contributed by atoms with Crippen LogP contribution in [0.3, 0.4) is 0 Å². The van der Waals surface area contributed by atoms with E-state index in [1.165, 1.54) is 30.3 Å². The molecule has 2 amide bonds. The van der Waals surface area contributed by atoms with Gasteiger partial charge in [0.15, 0.2) is 11.5 Å². The molecule has 1 aliphatic heterocycles. The predicted octanol–water partition coefficient (Wildman–Crippen LogP) is 1.60. The van der Waals surface area contributed by atoms with Crippen LogP contribution in [0.2, 0.25) is 0 Å². The summed E-state index contributed by atoms with van der Waals surface area (Å²) in [5, 5.41) is 28.4. The van der Waals surface area contributed by atoms with Gasteiger partial charge in [0.1, 0.15) is 5.75 Å². The fourth-order valence-corrected chi connectivity index (χ4v) is 2.14. The first-order valence-electron chi connectivity index (χ1n) is 5.73. The molecule has 0 unspecified atom stereocenters. The zero-order chi connectivity index (χ0) is 14.4. The molecule has 20 heavy (non-hydrogen) atoms. The Kier molecular flexibility index (Phi) is 2.40. The Morgan fingerprint density at radius 1 is 0.800 bits per heavy atom. The molecule has 0 fully saturated rings. The molecule has 6 heteroatoms. The third kappa shape index (κ3) is 1.51. The third-order valence-corrected chi connectivity index (χ3v) is 3.11. The lowest BCUT2D eigenvalue weighted by Crippen LogP contribution is -2.29. The Bertz CT molecular complexity index is 736. The van der Waals surface area contributed by atoms with E-state index in [1.807, 2.05) is 0 Å². The van der Waals surface area contributed by atoms with Crippen molar-refractivity contribution in [1.82, 2.24) is 0 Å². The summed E-state index contributed by atoms with van der Waals surface area (Å²) < 4.78 is 0. The zero-order valence-electron chi connectivity index (χ0n) is 10.1. The standard InChI is InChI=1S/C14H9NO5/c16-8-3-1-7(2-4-8)15-13(19)9-5-6-10(17)12(18)11(9)14(15)20/h1-6,16-18H. The number of hydrogen-bond donors (Lipinski definition) is 3. The van der Waals surface area contributed by atoms with Gasteiger partial charge in [-0.3, -0.25) is 9.59 Å². The Balaban J connectivity index is 2.14. The summed E-state index contributed by atoms with van der Waals surface area (Å²) >= 11 is 0. The highest BCUT2D eigenvalue weighted by Gasteiger charge is 2.39. The van der Waals surface area contributed by atoms with Crippen LogP contribution in [0.25, 0.3) is 0 Å². The van der Waals surface area contributed by atoms with E-state index >= 15 is 0 Å². The second kappa shape index (κ2) is 3.99. The monoisotopic (exact) mass is 271 g/mol. The van der Waals surface area contributed by atoms with Crippen LogP contribution >= 0.6 is 0 Å². The third-order valence-electron chi connectivity index (χ3n) is 3.11. The van der Waals surface area contributed by atoms with Gasteiger partial charge in [0.05, 0.1) is 16.8 Å². The van der Waals surface area contributed by atoms with Crippen LogP contribution in [-0.2, 0) is 0 Å². The van der Waals surface area contributed by atoms with E-state index in [-0.39, 0.29) is 22.6 Å². The number of rotatable bonds is 1. The second-order valence-corrected chi connectivity index (χ2v) is 4.32. The summed E-state index contributed by atoms with van der Waals surface area (Å²) in [5.41, 5.74) is 0.0781. The van der Waals surface area contributed by atoms with Crippen LogP contribution in [0, 0.1) is 0 Å². The molecule has 0 bridgehead atoms. The summed E-state index contributed by atoms with van der Waals surface area (Å²) in [4.78, 5) is 25.3. The normalized spacial score (nSPS) is 13.7. The lowest BCUT2D eigenvalue weighted by molar-refractivity contribution is 0.0925. The number of imide groups is 1. The number of fused-ring (bicyclic) bond motifs is 1. The van der Waals surface area contributed by atoms with Crippen molar-refractivity contribution in [3.63, 3.8) is 0 Å². The molecule has 0 saturated heterocycles. The van der Waals surface area contributed by atoms with E-state index in [1.54, 1.807) is 0 Å². The van der Waals surface area contributed by atoms with Gasteiger partial charge in [-0.15, -0.1) is 0 Å². The van der Waals surface area contributed by atoms with Crippen molar-refractivity contribution < 1.29 is 24.9 Å². The Morgan fingerprint density at radius 2 is 1.45 bits per heavy atom. The molecule has 1 heterocycles. The molecule has 3 rings (SSSR count). The average molecular weight is 271 g/mol. The van der Waals surface area contributed by atoms with Crippen molar-refractivity contribution in [3.05, 3.63) is 47.5 Å². The maximum Gasteiger partial charge on any atom is 0.270 e. The van der Waals surface area contributed by atoms with E-state index in [9.17, 15) is 24.9 Å². The number of hydrogen-bond acceptors (Lipinski definition) is 5. The minimum Gasteiger partial charge on any atom is -0.508 e. The van der Waals surface area contributed by atoms with Gasteiger partial charge < -0.3 is 15.3 Å². The minimum atomic E-state index is -0.718. The fraction of sp³-hybridized carbons (Fsp3) is 0. The van der Waals surface area contributed by atoms with E-state index in [2.05, 4.69) is 0 Å². The van der Waals surface area contributed by atoms with Gasteiger partial charge in [-0.2, -0.15) is 0 Å². The summed E-state index contributed by atoms with van der Waals surface area (Å²) in [6, 6.07) is 7.94. The largest absolute Gasteiger partial charge is 0.508 e. The number of benzene rings is 2. The number of aromatic hydroxyl groups is 3. The van der Waals surface area contributed by atoms with Crippen molar-refractivity contribution in [2.45, 2.75) is 0 Å². The van der Waals surface area contributed by atoms with Crippen LogP contribution in [0.5, 0.6) is 17.2 Å². The summed E-state index contributed by atoms with van der Waals surface area (Å²) in [6.07, 6.45) is 0. The lowest BCUT2D eigenvalue weighted by atomic mass is 10.1. The topological polar surface area (TPSA) is 98.1 Å². The minimum absolute atomic E-state index is 0.00542. The van der Waals surface area contributed by atoms with Crippen molar-refractivity contribution in [3.8, 4) is 17.2 Å². The predicted molar refractivity (Wildman–Crippen MR) is 69.0 cm³/mol. The first kappa shape index (κ1) is 12.0. The smallest absolute Gasteiger partial charge is 0.270 e. The van der Waals surface area contributed by atoms with Crippen LogP contribution < -0.4 is 4.90 Å². The Labute approximate surface area is 113 Å². The summed E-state index contributed by atoms with van der Waals surface area (Å²) in [6.45, 7) is 0. The Hall–Kier alpha value is -3.02. The number of carbonyl (C=O) groups excluding carboxylic acids is 2. The molecule has 0 radical (unpaired) electrons. The van der Waals surface area contributed by atoms with Gasteiger partial charge in [0, 0.05) is 0 Å². The van der Waals surface area contributed by atoms with E-state index < -0.39 is 23.3 Å². The highest BCUT2D eigenvalue weighted by Crippen LogP contribution is 2.38. The van der Waals surface area contributed by atoms with Crippen LogP contribution in [0.4, 0.5) is 5.69 Å². The van der Waals surface area contributed by atoms with E-state index in [0.717, 1.165) is 11.0 Å². The van der Waals surface area contributed by atoms with Gasteiger partial charge in [0.25, 0.3) is 11.8 Å². The molecule has 0 saturated carbocycles. The summed E-state index contributed by atoms with van der Waals surface area (Å²) in [5.74, 6) is -2.37. The zero-order valence-corrected chi connectivity index (χ0v) is 10.1. The van der Waals surface area contributed by atoms with Crippen LogP contribution in [-0.4, -0.2) is 27.1 Å². The van der Waals surface area contributed by atoms with E-state index in [0.29, 0.717) is 0 Å². The molecule has 6 nitrogen and oxygen atoms in total. The molecule has 0 aliphatic carbocycles. The SMILES string of the molecule is O=C1c2ccc(O)c(O)c2C(=O)N1c1ccc(O)cc1. The Morgan fingerprint density at radius 3 is 2.10 bits per heavy atom. The number of nitrogens with zero attached hydrogens (tertiary/aromatic N) is 1. The molecule has 2 aromatic carbocycles. The van der Waals surface area contributed by atoms with Crippen molar-refractivity contribution in [2.24, 2.45) is 0 Å². The molecular formula is C14H9NO5. The molecule has 100 valence electrons. The van der Waals surface area contributed by atoms with Gasteiger partial charge >= 0.3 is 0 Å². The number of phenols is 3. The first-order valence-corrected chi connectivity index (χ1v) is 5.73. The number of phenolic OH excluding ortho intramolecular Hbond substituents is 3. The highest BCUT2D eigenvalue weighted by atomic mass is 16.3. The number of amides is 2. The van der Waals surface area contributed by atoms with Gasteiger partial charge in [-0.25, -0.2) is 4.90 Å². The van der Waals surface area contributed by atoms with Gasteiger partial charge in [-0.1, -0.05) is 0 Å². The number of anilines is 1. The number of carbonyl (C=O) groups is 2. The molecule has 0 aromatic heterocycles. The molecule has 2 aromatic rings. The molecular weight excluding hydrogens is 262 g/mol. The van der Waals surface area contributed by atoms with Crippen molar-refractivity contribution >= 4 is 17.5 Å². The summed E-state index contributed by atoms with van der Waals surface area (Å²) in [7, 11) is 0. The fourth-order valence-electron chi connectivity index (χ4n) is 2.14. The van der Waals surface area contributed by atoms with Gasteiger partial charge in [0.2, 0.25) is 0 Å². The average Bonchev–Trinajstić information content (AvgIpc) is 2.68.